The number of para-hydroxylation sites is 1. The molecule has 3 saturated heterocycles. The molecule has 240 valence electrons. The maximum Gasteiger partial charge on any atom is 0.253 e. The third-order valence-corrected chi connectivity index (χ3v) is 10.1. The fourth-order valence-corrected chi connectivity index (χ4v) is 7.89. The maximum absolute atomic E-state index is 14.8. The Labute approximate surface area is 270 Å². The van der Waals surface area contributed by atoms with Crippen LogP contribution in [0.5, 0.6) is 5.75 Å². The Morgan fingerprint density at radius 3 is 2.38 bits per heavy atom. The lowest BCUT2D eigenvalue weighted by molar-refractivity contribution is -0.148. The number of carbonyl (C=O) groups excluding carboxylic acids is 3. The Balaban J connectivity index is 1.62. The van der Waals surface area contributed by atoms with Crippen molar-refractivity contribution in [2.45, 2.75) is 57.4 Å². The number of benzene rings is 2. The summed E-state index contributed by atoms with van der Waals surface area (Å²) in [5, 5.41) is 10.7. The van der Waals surface area contributed by atoms with Gasteiger partial charge in [0.1, 0.15) is 17.4 Å². The summed E-state index contributed by atoms with van der Waals surface area (Å²) in [5.41, 5.74) is -1.22. The first-order valence-electron chi connectivity index (χ1n) is 15.5. The Kier molecular flexibility index (Phi) is 9.18. The molecule has 3 fully saturated rings. The van der Waals surface area contributed by atoms with E-state index in [0.717, 1.165) is 0 Å². The largest absolute Gasteiger partial charge is 0.494 e. The molecule has 1 N–H and O–H groups in total. The second-order valence-electron chi connectivity index (χ2n) is 12.3. The van der Waals surface area contributed by atoms with Crippen molar-refractivity contribution in [1.82, 2.24) is 4.90 Å². The van der Waals surface area contributed by atoms with Gasteiger partial charge in [0.25, 0.3) is 5.91 Å². The Morgan fingerprint density at radius 1 is 1.13 bits per heavy atom. The molecule has 9 nitrogen and oxygen atoms in total. The number of halogens is 1. The standard InChI is InChI=1S/C35H42ClN3O6/c1-7-18-37(24-14-16-25(17-15-24)44-9-3)31(41)28-29-32(42)39(23(5)21-40)30(35(29)20-22(4)34(28,6)45-35)33(43)38(19-8-2)27-13-11-10-12-26(27)36/h7-8,10-17,22-23,28-30,40H,1-2,9,18-21H2,3-6H3/t22?,23-,28-,29+,30?,34+,35?/m1/s1. The van der Waals surface area contributed by atoms with Gasteiger partial charge in [0.2, 0.25) is 11.8 Å². The molecule has 0 aliphatic carbocycles. The summed E-state index contributed by atoms with van der Waals surface area (Å²) in [4.78, 5) is 48.6. The van der Waals surface area contributed by atoms with Crippen molar-refractivity contribution in [2.75, 3.05) is 36.1 Å². The van der Waals surface area contributed by atoms with Crippen LogP contribution >= 0.6 is 11.6 Å². The Hall–Kier alpha value is -3.66. The van der Waals surface area contributed by atoms with Crippen LogP contribution < -0.4 is 14.5 Å². The van der Waals surface area contributed by atoms with Gasteiger partial charge < -0.3 is 29.3 Å². The highest BCUT2D eigenvalue weighted by Crippen LogP contribution is 2.66. The minimum atomic E-state index is -1.30. The fourth-order valence-electron chi connectivity index (χ4n) is 7.66. The SMILES string of the molecule is C=CCN(C(=O)[C@H]1[C@H]2C(=O)N([C@H](C)CO)C(C(=O)N(CC=C)c3ccccc3Cl)C23CC(C)[C@]1(C)O3)c1ccc(OCC)cc1. The summed E-state index contributed by atoms with van der Waals surface area (Å²) in [6.45, 7) is 15.7. The summed E-state index contributed by atoms with van der Waals surface area (Å²) >= 11 is 6.56. The number of fused-ring (bicyclic) bond motifs is 1. The van der Waals surface area contributed by atoms with Crippen LogP contribution in [0.25, 0.3) is 0 Å². The lowest BCUT2D eigenvalue weighted by atomic mass is 9.62. The van der Waals surface area contributed by atoms with Crippen molar-refractivity contribution in [3.63, 3.8) is 0 Å². The zero-order chi connectivity index (χ0) is 32.7. The van der Waals surface area contributed by atoms with Gasteiger partial charge in [-0.2, -0.15) is 0 Å². The number of nitrogens with zero attached hydrogens (tertiary/aromatic N) is 3. The molecule has 2 aromatic rings. The first kappa shape index (κ1) is 32.7. The van der Waals surface area contributed by atoms with Crippen molar-refractivity contribution < 1.29 is 29.0 Å². The normalized spacial score (nSPS) is 28.8. The van der Waals surface area contributed by atoms with Gasteiger partial charge in [-0.1, -0.05) is 42.8 Å². The van der Waals surface area contributed by atoms with E-state index in [4.69, 9.17) is 21.1 Å². The number of hydrogen-bond acceptors (Lipinski definition) is 6. The Bertz CT molecular complexity index is 1480. The molecule has 0 saturated carbocycles. The molecule has 3 amide bonds. The van der Waals surface area contributed by atoms with E-state index >= 15 is 0 Å². The number of anilines is 2. The molecule has 7 atom stereocenters. The molecule has 1 spiro atoms. The van der Waals surface area contributed by atoms with Crippen LogP contribution in [0.3, 0.4) is 0 Å². The van der Waals surface area contributed by atoms with Gasteiger partial charge >= 0.3 is 0 Å². The van der Waals surface area contributed by atoms with Gasteiger partial charge in [-0.15, -0.1) is 13.2 Å². The molecule has 10 heteroatoms. The molecule has 3 aliphatic heterocycles. The molecule has 5 rings (SSSR count). The second kappa shape index (κ2) is 12.6. The van der Waals surface area contributed by atoms with E-state index < -0.39 is 41.0 Å². The van der Waals surface area contributed by atoms with Gasteiger partial charge in [0.05, 0.1) is 47.4 Å². The minimum absolute atomic E-state index is 0.134. The third-order valence-electron chi connectivity index (χ3n) is 9.75. The molecule has 0 radical (unpaired) electrons. The zero-order valence-electron chi connectivity index (χ0n) is 26.3. The summed E-state index contributed by atoms with van der Waals surface area (Å²) in [7, 11) is 0. The van der Waals surface area contributed by atoms with Crippen molar-refractivity contribution >= 4 is 40.7 Å². The van der Waals surface area contributed by atoms with E-state index in [1.165, 1.54) is 9.80 Å². The van der Waals surface area contributed by atoms with E-state index in [9.17, 15) is 19.5 Å². The van der Waals surface area contributed by atoms with E-state index in [0.29, 0.717) is 35.2 Å². The van der Waals surface area contributed by atoms with Crippen LogP contribution in [0.4, 0.5) is 11.4 Å². The van der Waals surface area contributed by atoms with Crippen LogP contribution in [0.2, 0.25) is 5.02 Å². The monoisotopic (exact) mass is 635 g/mol. The lowest BCUT2D eigenvalue weighted by Crippen LogP contribution is -2.58. The number of likely N-dealkylation sites (tertiary alicyclic amines) is 1. The predicted octanol–water partition coefficient (Wildman–Crippen LogP) is 4.87. The quantitative estimate of drug-likeness (QED) is 0.334. The molecule has 3 unspecified atom stereocenters. The highest BCUT2D eigenvalue weighted by molar-refractivity contribution is 6.34. The van der Waals surface area contributed by atoms with E-state index in [2.05, 4.69) is 13.2 Å². The number of hydrogen-bond donors (Lipinski definition) is 1. The van der Waals surface area contributed by atoms with Crippen molar-refractivity contribution in [2.24, 2.45) is 17.8 Å². The molecule has 45 heavy (non-hydrogen) atoms. The van der Waals surface area contributed by atoms with E-state index in [-0.39, 0.29) is 37.4 Å². The van der Waals surface area contributed by atoms with Crippen LogP contribution in [0.15, 0.2) is 73.8 Å². The molecule has 3 heterocycles. The Morgan fingerprint density at radius 2 is 1.78 bits per heavy atom. The average molecular weight is 636 g/mol. The average Bonchev–Trinajstić information content (AvgIpc) is 3.55. The molecule has 2 bridgehead atoms. The van der Waals surface area contributed by atoms with Crippen molar-refractivity contribution in [1.29, 1.82) is 0 Å². The number of amides is 3. The predicted molar refractivity (Wildman–Crippen MR) is 174 cm³/mol. The van der Waals surface area contributed by atoms with E-state index in [1.54, 1.807) is 60.4 Å². The summed E-state index contributed by atoms with van der Waals surface area (Å²) < 4.78 is 12.5. The van der Waals surface area contributed by atoms with Gasteiger partial charge in [0, 0.05) is 18.8 Å². The number of aliphatic hydroxyl groups is 1. The number of carbonyl (C=O) groups is 3. The van der Waals surface area contributed by atoms with Crippen LogP contribution in [0, 0.1) is 17.8 Å². The summed E-state index contributed by atoms with van der Waals surface area (Å²) in [6, 6.07) is 12.4. The highest BCUT2D eigenvalue weighted by atomic mass is 35.5. The zero-order valence-corrected chi connectivity index (χ0v) is 27.1. The molecule has 0 aromatic heterocycles. The van der Waals surface area contributed by atoms with Crippen LogP contribution in [0.1, 0.15) is 34.1 Å². The van der Waals surface area contributed by atoms with Crippen molar-refractivity contribution in [3.05, 3.63) is 78.9 Å². The van der Waals surface area contributed by atoms with E-state index in [1.807, 2.05) is 32.9 Å². The minimum Gasteiger partial charge on any atom is -0.494 e. The first-order valence-corrected chi connectivity index (χ1v) is 15.8. The van der Waals surface area contributed by atoms with Crippen LogP contribution in [-0.4, -0.2) is 77.3 Å². The number of aliphatic hydroxyl groups excluding tert-OH is 1. The third kappa shape index (κ3) is 5.15. The van der Waals surface area contributed by atoms with Gasteiger partial charge in [-0.05, 0) is 69.5 Å². The molecule has 2 aromatic carbocycles. The molecule has 3 aliphatic rings. The maximum atomic E-state index is 14.8. The van der Waals surface area contributed by atoms with Gasteiger partial charge in [-0.25, -0.2) is 0 Å². The second-order valence-corrected chi connectivity index (χ2v) is 12.7. The molecular formula is C35H42ClN3O6. The first-order chi connectivity index (χ1) is 21.5. The van der Waals surface area contributed by atoms with Crippen molar-refractivity contribution in [3.8, 4) is 5.75 Å². The fraction of sp³-hybridized carbons (Fsp3) is 0.457. The lowest BCUT2D eigenvalue weighted by Gasteiger charge is -2.39. The highest BCUT2D eigenvalue weighted by Gasteiger charge is 2.80. The summed E-state index contributed by atoms with van der Waals surface area (Å²) in [6.07, 6.45) is 3.63. The van der Waals surface area contributed by atoms with Gasteiger partial charge in [-0.3, -0.25) is 14.4 Å². The number of ether oxygens (including phenoxy) is 2. The van der Waals surface area contributed by atoms with Gasteiger partial charge in [0.15, 0.2) is 0 Å². The number of rotatable bonds is 12. The summed E-state index contributed by atoms with van der Waals surface area (Å²) in [5.74, 6) is -2.38. The van der Waals surface area contributed by atoms with Crippen LogP contribution in [-0.2, 0) is 19.1 Å². The topological polar surface area (TPSA) is 99.6 Å². The smallest absolute Gasteiger partial charge is 0.253 e. The molecular weight excluding hydrogens is 594 g/mol.